The Bertz CT molecular complexity index is 788. The molecule has 27 heavy (non-hydrogen) atoms. The number of nitrogens with zero attached hydrogens (tertiary/aromatic N) is 4. The number of piperazine rings is 1. The number of carbonyl (C=O) groups excluding carboxylic acids is 2. The Morgan fingerprint density at radius 3 is 2.44 bits per heavy atom. The zero-order chi connectivity index (χ0) is 19.2. The van der Waals surface area contributed by atoms with Gasteiger partial charge < -0.3 is 15.1 Å². The standard InChI is InChI=1S/C20H25N5O2/c1-3-18(23-20(27)16-4-7-21-8-5-16)17-6-9-22-19(14-17)25-12-10-24(11-13-25)15(2)26/h4-9,14,18H,3,10-13H2,1-2H3,(H,23,27)/t18-/m0/s1. The molecule has 2 aromatic heterocycles. The molecule has 7 heteroatoms. The van der Waals surface area contributed by atoms with Crippen LogP contribution in [0.2, 0.25) is 0 Å². The largest absolute Gasteiger partial charge is 0.353 e. The SMILES string of the molecule is CC[C@H](NC(=O)c1ccncc1)c1ccnc(N2CCN(C(C)=O)CC2)c1. The number of aromatic nitrogens is 2. The number of carbonyl (C=O) groups is 2. The molecule has 0 bridgehead atoms. The highest BCUT2D eigenvalue weighted by Crippen LogP contribution is 2.22. The fourth-order valence-corrected chi connectivity index (χ4v) is 3.24. The Morgan fingerprint density at radius 2 is 1.81 bits per heavy atom. The lowest BCUT2D eigenvalue weighted by Gasteiger charge is -2.35. The zero-order valence-corrected chi connectivity index (χ0v) is 15.8. The van der Waals surface area contributed by atoms with Crippen LogP contribution in [0.1, 0.15) is 42.2 Å². The predicted octanol–water partition coefficient (Wildman–Crippen LogP) is 2.03. The first-order chi connectivity index (χ1) is 13.1. The smallest absolute Gasteiger partial charge is 0.251 e. The molecule has 0 aromatic carbocycles. The topological polar surface area (TPSA) is 78.4 Å². The zero-order valence-electron chi connectivity index (χ0n) is 15.8. The first-order valence-electron chi connectivity index (χ1n) is 9.25. The summed E-state index contributed by atoms with van der Waals surface area (Å²) in [6.45, 7) is 6.58. The molecule has 142 valence electrons. The molecule has 1 N–H and O–H groups in total. The van der Waals surface area contributed by atoms with Gasteiger partial charge >= 0.3 is 0 Å². The van der Waals surface area contributed by atoms with Gasteiger partial charge in [0.25, 0.3) is 5.91 Å². The minimum atomic E-state index is -0.113. The van der Waals surface area contributed by atoms with Gasteiger partial charge in [-0.25, -0.2) is 4.98 Å². The summed E-state index contributed by atoms with van der Waals surface area (Å²) in [4.78, 5) is 36.4. The maximum atomic E-state index is 12.5. The van der Waals surface area contributed by atoms with Crippen molar-refractivity contribution >= 4 is 17.6 Å². The average molecular weight is 367 g/mol. The number of amides is 2. The van der Waals surface area contributed by atoms with E-state index in [1.54, 1.807) is 37.6 Å². The number of anilines is 1. The van der Waals surface area contributed by atoms with Crippen LogP contribution in [0.3, 0.4) is 0 Å². The van der Waals surface area contributed by atoms with E-state index < -0.39 is 0 Å². The summed E-state index contributed by atoms with van der Waals surface area (Å²) < 4.78 is 0. The normalized spacial score (nSPS) is 15.3. The van der Waals surface area contributed by atoms with E-state index >= 15 is 0 Å². The summed E-state index contributed by atoms with van der Waals surface area (Å²) in [5.74, 6) is 0.881. The third-order valence-corrected chi connectivity index (χ3v) is 4.88. The van der Waals surface area contributed by atoms with Gasteiger partial charge in [-0.15, -0.1) is 0 Å². The monoisotopic (exact) mass is 367 g/mol. The van der Waals surface area contributed by atoms with Gasteiger partial charge in [-0.05, 0) is 36.2 Å². The van der Waals surface area contributed by atoms with Crippen LogP contribution in [0.4, 0.5) is 5.82 Å². The Kier molecular flexibility index (Phi) is 6.01. The van der Waals surface area contributed by atoms with Gasteiger partial charge in [0.2, 0.25) is 5.91 Å². The third-order valence-electron chi connectivity index (χ3n) is 4.88. The highest BCUT2D eigenvalue weighted by atomic mass is 16.2. The second-order valence-electron chi connectivity index (χ2n) is 6.61. The van der Waals surface area contributed by atoms with Crippen molar-refractivity contribution in [1.29, 1.82) is 0 Å². The van der Waals surface area contributed by atoms with Crippen LogP contribution in [-0.4, -0.2) is 52.9 Å². The maximum Gasteiger partial charge on any atom is 0.251 e. The molecule has 2 amide bonds. The molecular weight excluding hydrogens is 342 g/mol. The predicted molar refractivity (Wildman–Crippen MR) is 103 cm³/mol. The first kappa shape index (κ1) is 18.8. The van der Waals surface area contributed by atoms with Gasteiger partial charge in [0.15, 0.2) is 0 Å². The molecule has 1 aliphatic rings. The first-order valence-corrected chi connectivity index (χ1v) is 9.25. The van der Waals surface area contributed by atoms with Crippen molar-refractivity contribution in [2.24, 2.45) is 0 Å². The van der Waals surface area contributed by atoms with Crippen LogP contribution in [-0.2, 0) is 4.79 Å². The highest BCUT2D eigenvalue weighted by Gasteiger charge is 2.21. The molecule has 0 radical (unpaired) electrons. The summed E-state index contributed by atoms with van der Waals surface area (Å²) in [5.41, 5.74) is 1.62. The van der Waals surface area contributed by atoms with E-state index in [4.69, 9.17) is 0 Å². The number of pyridine rings is 2. The van der Waals surface area contributed by atoms with Crippen molar-refractivity contribution in [2.45, 2.75) is 26.3 Å². The van der Waals surface area contributed by atoms with E-state index in [1.807, 2.05) is 24.0 Å². The fourth-order valence-electron chi connectivity index (χ4n) is 3.24. The molecular formula is C20H25N5O2. The molecule has 1 atom stereocenters. The molecule has 3 rings (SSSR count). The van der Waals surface area contributed by atoms with Crippen LogP contribution < -0.4 is 10.2 Å². The number of hydrogen-bond donors (Lipinski definition) is 1. The molecule has 0 saturated carbocycles. The average Bonchev–Trinajstić information content (AvgIpc) is 2.72. The van der Waals surface area contributed by atoms with Gasteiger partial charge in [0.1, 0.15) is 5.82 Å². The summed E-state index contributed by atoms with van der Waals surface area (Å²) >= 11 is 0. The van der Waals surface area contributed by atoms with Crippen LogP contribution in [0.15, 0.2) is 42.9 Å². The van der Waals surface area contributed by atoms with E-state index in [2.05, 4.69) is 20.2 Å². The number of rotatable bonds is 5. The Labute approximate surface area is 159 Å². The van der Waals surface area contributed by atoms with Crippen molar-refractivity contribution in [3.63, 3.8) is 0 Å². The van der Waals surface area contributed by atoms with Crippen LogP contribution >= 0.6 is 0 Å². The molecule has 0 aliphatic carbocycles. The maximum absolute atomic E-state index is 12.5. The molecule has 1 saturated heterocycles. The lowest BCUT2D eigenvalue weighted by molar-refractivity contribution is -0.129. The van der Waals surface area contributed by atoms with Crippen molar-refractivity contribution < 1.29 is 9.59 Å². The molecule has 0 spiro atoms. The van der Waals surface area contributed by atoms with E-state index in [0.29, 0.717) is 18.7 Å². The summed E-state index contributed by atoms with van der Waals surface area (Å²) in [7, 11) is 0. The van der Waals surface area contributed by atoms with Crippen LogP contribution in [0, 0.1) is 0 Å². The summed E-state index contributed by atoms with van der Waals surface area (Å²) in [6.07, 6.45) is 5.78. The van der Waals surface area contributed by atoms with E-state index in [0.717, 1.165) is 30.9 Å². The van der Waals surface area contributed by atoms with Crippen molar-refractivity contribution in [3.8, 4) is 0 Å². The second-order valence-corrected chi connectivity index (χ2v) is 6.61. The quantitative estimate of drug-likeness (QED) is 0.875. The van der Waals surface area contributed by atoms with Crippen molar-refractivity contribution in [2.75, 3.05) is 31.1 Å². The molecule has 7 nitrogen and oxygen atoms in total. The molecule has 0 unspecified atom stereocenters. The van der Waals surface area contributed by atoms with Gasteiger partial charge in [-0.2, -0.15) is 0 Å². The van der Waals surface area contributed by atoms with E-state index in [-0.39, 0.29) is 17.9 Å². The molecule has 3 heterocycles. The van der Waals surface area contributed by atoms with Crippen molar-refractivity contribution in [3.05, 3.63) is 54.0 Å². The number of nitrogens with one attached hydrogen (secondary N) is 1. The Hall–Kier alpha value is -2.96. The Morgan fingerprint density at radius 1 is 1.11 bits per heavy atom. The van der Waals surface area contributed by atoms with Gasteiger partial charge in [-0.3, -0.25) is 14.6 Å². The Balaban J connectivity index is 1.70. The van der Waals surface area contributed by atoms with Crippen molar-refractivity contribution in [1.82, 2.24) is 20.2 Å². The lowest BCUT2D eigenvalue weighted by atomic mass is 10.0. The fraction of sp³-hybridized carbons (Fsp3) is 0.400. The van der Waals surface area contributed by atoms with Gasteiger partial charge in [0, 0.05) is 57.3 Å². The van der Waals surface area contributed by atoms with Crippen LogP contribution in [0.5, 0.6) is 0 Å². The van der Waals surface area contributed by atoms with E-state index in [9.17, 15) is 9.59 Å². The summed E-state index contributed by atoms with van der Waals surface area (Å²) in [6, 6.07) is 7.29. The van der Waals surface area contributed by atoms with Gasteiger partial charge in [0.05, 0.1) is 6.04 Å². The minimum absolute atomic E-state index is 0.0917. The lowest BCUT2D eigenvalue weighted by Crippen LogP contribution is -2.48. The second kappa shape index (κ2) is 8.62. The van der Waals surface area contributed by atoms with Crippen LogP contribution in [0.25, 0.3) is 0 Å². The molecule has 1 aliphatic heterocycles. The molecule has 1 fully saturated rings. The third kappa shape index (κ3) is 4.61. The minimum Gasteiger partial charge on any atom is -0.353 e. The highest BCUT2D eigenvalue weighted by molar-refractivity contribution is 5.94. The van der Waals surface area contributed by atoms with E-state index in [1.165, 1.54) is 0 Å². The number of hydrogen-bond acceptors (Lipinski definition) is 5. The molecule has 2 aromatic rings. The van der Waals surface area contributed by atoms with Gasteiger partial charge in [-0.1, -0.05) is 6.92 Å². The summed E-state index contributed by atoms with van der Waals surface area (Å²) in [5, 5.41) is 3.09.